The zero-order valence-electron chi connectivity index (χ0n) is 20.7. The van der Waals surface area contributed by atoms with E-state index in [9.17, 15) is 8.42 Å². The fourth-order valence-electron chi connectivity index (χ4n) is 4.65. The molecule has 0 spiro atoms. The molecule has 35 heavy (non-hydrogen) atoms. The first-order chi connectivity index (χ1) is 17.0. The van der Waals surface area contributed by atoms with E-state index < -0.39 is 10.0 Å². The van der Waals surface area contributed by atoms with E-state index in [1.165, 1.54) is 11.1 Å². The molecule has 0 atom stereocenters. The lowest BCUT2D eigenvalue weighted by molar-refractivity contribution is 0.155. The zero-order valence-corrected chi connectivity index (χ0v) is 21.5. The van der Waals surface area contributed by atoms with E-state index in [-0.39, 0.29) is 10.9 Å². The van der Waals surface area contributed by atoms with Gasteiger partial charge < -0.3 is 9.47 Å². The quantitative estimate of drug-likeness (QED) is 0.424. The first-order valence-electron chi connectivity index (χ1n) is 12.2. The van der Waals surface area contributed by atoms with Gasteiger partial charge in [0, 0.05) is 32.2 Å². The predicted molar refractivity (Wildman–Crippen MR) is 139 cm³/mol. The van der Waals surface area contributed by atoms with Crippen LogP contribution in [0.5, 0.6) is 11.5 Å². The summed E-state index contributed by atoms with van der Waals surface area (Å²) in [6.07, 6.45) is 0. The minimum absolute atomic E-state index is 0.0742. The third-order valence-corrected chi connectivity index (χ3v) is 8.25. The van der Waals surface area contributed by atoms with E-state index >= 15 is 0 Å². The Kier molecular flexibility index (Phi) is 8.11. The van der Waals surface area contributed by atoms with E-state index in [0.29, 0.717) is 50.9 Å². The number of piperazine rings is 1. The number of rotatable bonds is 9. The largest absolute Gasteiger partial charge is 0.494 e. The molecule has 1 saturated heterocycles. The number of hydrogen-bond donors (Lipinski definition) is 0. The highest BCUT2D eigenvalue weighted by atomic mass is 32.2. The fraction of sp³-hybridized carbons (Fsp3) is 0.357. The second kappa shape index (κ2) is 11.2. The Morgan fingerprint density at radius 1 is 0.771 bits per heavy atom. The van der Waals surface area contributed by atoms with Crippen LogP contribution in [-0.2, 0) is 10.0 Å². The first-order valence-corrected chi connectivity index (χ1v) is 13.6. The van der Waals surface area contributed by atoms with Crippen molar-refractivity contribution >= 4 is 10.0 Å². The summed E-state index contributed by atoms with van der Waals surface area (Å²) < 4.78 is 40.5. The van der Waals surface area contributed by atoms with Crippen molar-refractivity contribution in [3.8, 4) is 11.5 Å². The predicted octanol–water partition coefficient (Wildman–Crippen LogP) is 4.89. The van der Waals surface area contributed by atoms with E-state index in [1.807, 2.05) is 32.9 Å². The molecule has 4 rings (SSSR count). The number of sulfonamides is 1. The summed E-state index contributed by atoms with van der Waals surface area (Å²) in [5.74, 6) is 0.948. The average Bonchev–Trinajstić information content (AvgIpc) is 2.87. The first kappa shape index (κ1) is 25.2. The Balaban J connectivity index is 1.59. The highest BCUT2D eigenvalue weighted by molar-refractivity contribution is 7.89. The van der Waals surface area contributed by atoms with Crippen molar-refractivity contribution in [1.29, 1.82) is 0 Å². The summed E-state index contributed by atoms with van der Waals surface area (Å²) in [6, 6.07) is 24.2. The van der Waals surface area contributed by atoms with Crippen molar-refractivity contribution in [2.45, 2.75) is 31.7 Å². The Morgan fingerprint density at radius 2 is 1.29 bits per heavy atom. The molecular weight excluding hydrogens is 460 g/mol. The molecule has 0 saturated carbocycles. The standard InChI is InChI=1S/C28H34N2O4S/c1-4-33-25-21-27(26(34-5-2)20-22(25)3)35(31,32)30-18-16-29(17-19-30)28(23-12-8-6-9-13-23)24-14-10-7-11-15-24/h6-15,20-21,28H,4-5,16-19H2,1-3H3. The summed E-state index contributed by atoms with van der Waals surface area (Å²) in [5, 5.41) is 0. The van der Waals surface area contributed by atoms with E-state index in [0.717, 1.165) is 5.56 Å². The Labute approximate surface area is 209 Å². The lowest BCUT2D eigenvalue weighted by atomic mass is 9.96. The molecule has 1 fully saturated rings. The Bertz CT molecular complexity index is 1170. The normalized spacial score (nSPS) is 15.3. The maximum absolute atomic E-state index is 13.7. The number of nitrogens with zero attached hydrogens (tertiary/aromatic N) is 2. The molecule has 0 N–H and O–H groups in total. The maximum Gasteiger partial charge on any atom is 0.246 e. The zero-order chi connectivity index (χ0) is 24.8. The van der Waals surface area contributed by atoms with Crippen LogP contribution in [0.2, 0.25) is 0 Å². The van der Waals surface area contributed by atoms with Gasteiger partial charge in [-0.3, -0.25) is 4.90 Å². The van der Waals surface area contributed by atoms with E-state index in [1.54, 1.807) is 16.4 Å². The molecule has 3 aromatic rings. The van der Waals surface area contributed by atoms with Gasteiger partial charge >= 0.3 is 0 Å². The van der Waals surface area contributed by atoms with Gasteiger partial charge in [0.05, 0.1) is 19.3 Å². The molecule has 0 aliphatic carbocycles. The molecule has 186 valence electrons. The van der Waals surface area contributed by atoms with Gasteiger partial charge in [0.15, 0.2) is 0 Å². The molecule has 3 aromatic carbocycles. The van der Waals surface area contributed by atoms with Gasteiger partial charge in [-0.2, -0.15) is 4.31 Å². The topological polar surface area (TPSA) is 59.1 Å². The highest BCUT2D eigenvalue weighted by Crippen LogP contribution is 2.35. The van der Waals surface area contributed by atoms with Crippen molar-refractivity contribution in [3.63, 3.8) is 0 Å². The third kappa shape index (κ3) is 5.53. The molecule has 0 unspecified atom stereocenters. The SMILES string of the molecule is CCOc1cc(S(=O)(=O)N2CCN(C(c3ccccc3)c3ccccc3)CC2)c(OCC)cc1C. The van der Waals surface area contributed by atoms with Crippen LogP contribution in [0.25, 0.3) is 0 Å². The highest BCUT2D eigenvalue weighted by Gasteiger charge is 2.34. The summed E-state index contributed by atoms with van der Waals surface area (Å²) >= 11 is 0. The fourth-order valence-corrected chi connectivity index (χ4v) is 6.20. The molecule has 0 aromatic heterocycles. The monoisotopic (exact) mass is 494 g/mol. The van der Waals surface area contributed by atoms with Crippen molar-refractivity contribution in [1.82, 2.24) is 9.21 Å². The third-order valence-electron chi connectivity index (χ3n) is 6.33. The summed E-state index contributed by atoms with van der Waals surface area (Å²) in [6.45, 7) is 8.56. The van der Waals surface area contributed by atoms with Crippen molar-refractivity contribution in [2.24, 2.45) is 0 Å². The van der Waals surface area contributed by atoms with Crippen LogP contribution in [0.1, 0.15) is 36.6 Å². The van der Waals surface area contributed by atoms with Crippen LogP contribution in [0.4, 0.5) is 0 Å². The van der Waals surface area contributed by atoms with E-state index in [2.05, 4.69) is 53.4 Å². The van der Waals surface area contributed by atoms with Crippen LogP contribution in [0, 0.1) is 6.92 Å². The van der Waals surface area contributed by atoms with Crippen LogP contribution in [-0.4, -0.2) is 57.0 Å². The molecule has 1 heterocycles. The van der Waals surface area contributed by atoms with Crippen LogP contribution in [0.15, 0.2) is 77.7 Å². The molecule has 7 heteroatoms. The Hall–Kier alpha value is -2.87. The second-order valence-corrected chi connectivity index (χ2v) is 10.5. The molecule has 6 nitrogen and oxygen atoms in total. The van der Waals surface area contributed by atoms with Gasteiger partial charge in [-0.15, -0.1) is 0 Å². The molecule has 1 aliphatic heterocycles. The molecule has 0 radical (unpaired) electrons. The van der Waals surface area contributed by atoms with E-state index in [4.69, 9.17) is 9.47 Å². The second-order valence-electron chi connectivity index (χ2n) is 8.59. The van der Waals surface area contributed by atoms with Crippen LogP contribution >= 0.6 is 0 Å². The van der Waals surface area contributed by atoms with Gasteiger partial charge in [-0.1, -0.05) is 60.7 Å². The number of benzene rings is 3. The number of hydrogen-bond acceptors (Lipinski definition) is 5. The average molecular weight is 495 g/mol. The molecule has 1 aliphatic rings. The number of ether oxygens (including phenoxy) is 2. The van der Waals surface area contributed by atoms with Crippen molar-refractivity contribution in [3.05, 3.63) is 89.5 Å². The van der Waals surface area contributed by atoms with Crippen LogP contribution < -0.4 is 9.47 Å². The minimum Gasteiger partial charge on any atom is -0.494 e. The van der Waals surface area contributed by atoms with Crippen molar-refractivity contribution < 1.29 is 17.9 Å². The van der Waals surface area contributed by atoms with Crippen LogP contribution in [0.3, 0.4) is 0 Å². The molecular formula is C28H34N2O4S. The van der Waals surface area contributed by atoms with Gasteiger partial charge in [-0.25, -0.2) is 8.42 Å². The number of aryl methyl sites for hydroxylation is 1. The van der Waals surface area contributed by atoms with Gasteiger partial charge in [0.1, 0.15) is 16.4 Å². The minimum atomic E-state index is -3.75. The maximum atomic E-state index is 13.7. The van der Waals surface area contributed by atoms with Crippen molar-refractivity contribution in [2.75, 3.05) is 39.4 Å². The lowest BCUT2D eigenvalue weighted by Gasteiger charge is -2.39. The smallest absolute Gasteiger partial charge is 0.246 e. The summed E-state index contributed by atoms with van der Waals surface area (Å²) in [7, 11) is -3.75. The van der Waals surface area contributed by atoms with Gasteiger partial charge in [0.2, 0.25) is 10.0 Å². The molecule has 0 bridgehead atoms. The lowest BCUT2D eigenvalue weighted by Crippen LogP contribution is -2.49. The Morgan fingerprint density at radius 3 is 1.80 bits per heavy atom. The molecule has 0 amide bonds. The summed E-state index contributed by atoms with van der Waals surface area (Å²) in [4.78, 5) is 2.53. The van der Waals surface area contributed by atoms with Gasteiger partial charge in [0.25, 0.3) is 0 Å². The van der Waals surface area contributed by atoms with Gasteiger partial charge in [-0.05, 0) is 43.5 Å². The summed E-state index contributed by atoms with van der Waals surface area (Å²) in [5.41, 5.74) is 3.26.